The predicted octanol–water partition coefficient (Wildman–Crippen LogP) is 1.49. The highest BCUT2D eigenvalue weighted by Gasteiger charge is 2.09. The summed E-state index contributed by atoms with van der Waals surface area (Å²) in [6.07, 6.45) is 4.28. The van der Waals surface area contributed by atoms with Gasteiger partial charge >= 0.3 is 0 Å². The molecule has 0 unspecified atom stereocenters. The molecule has 0 amide bonds. The van der Waals surface area contributed by atoms with E-state index in [-0.39, 0.29) is 0 Å². The second-order valence-electron chi connectivity index (χ2n) is 4.57. The van der Waals surface area contributed by atoms with Crippen molar-refractivity contribution >= 4 is 0 Å². The lowest BCUT2D eigenvalue weighted by molar-refractivity contribution is 0.0770. The van der Waals surface area contributed by atoms with Gasteiger partial charge < -0.3 is 15.0 Å². The molecule has 0 aromatic heterocycles. The molecule has 3 heteroatoms. The number of ether oxygens (including phenoxy) is 1. The first-order valence-electron chi connectivity index (χ1n) is 6.33. The summed E-state index contributed by atoms with van der Waals surface area (Å²) >= 11 is 0. The Kier molecular flexibility index (Phi) is 6.98. The summed E-state index contributed by atoms with van der Waals surface area (Å²) in [4.78, 5) is 2.54. The molecule has 1 N–H and O–H groups in total. The second kappa shape index (κ2) is 8.08. The van der Waals surface area contributed by atoms with Crippen molar-refractivity contribution in [3.05, 3.63) is 0 Å². The standard InChI is InChI=1S/C12H26N2O/c1-12(2)15-11-5-6-13-7-10-14-8-3-4-9-14/h12-13H,3-11H2,1-2H3. The van der Waals surface area contributed by atoms with E-state index in [9.17, 15) is 0 Å². The number of hydrogen-bond acceptors (Lipinski definition) is 3. The minimum absolute atomic E-state index is 0.370. The number of nitrogens with one attached hydrogen (secondary N) is 1. The number of rotatable bonds is 8. The van der Waals surface area contributed by atoms with Gasteiger partial charge in [-0.2, -0.15) is 0 Å². The highest BCUT2D eigenvalue weighted by atomic mass is 16.5. The summed E-state index contributed by atoms with van der Waals surface area (Å²) in [5.74, 6) is 0. The average Bonchev–Trinajstić information content (AvgIpc) is 2.68. The fraction of sp³-hybridized carbons (Fsp3) is 1.00. The van der Waals surface area contributed by atoms with Crippen molar-refractivity contribution in [2.75, 3.05) is 39.3 Å². The Balaban J connectivity index is 1.76. The number of hydrogen-bond donors (Lipinski definition) is 1. The third-order valence-electron chi connectivity index (χ3n) is 2.75. The van der Waals surface area contributed by atoms with Gasteiger partial charge in [0.25, 0.3) is 0 Å². The Morgan fingerprint density at radius 2 is 1.93 bits per heavy atom. The molecule has 90 valence electrons. The SMILES string of the molecule is CC(C)OCCCNCCN1CCCC1. The van der Waals surface area contributed by atoms with Gasteiger partial charge in [-0.3, -0.25) is 0 Å². The highest BCUT2D eigenvalue weighted by Crippen LogP contribution is 2.05. The van der Waals surface area contributed by atoms with Gasteiger partial charge in [-0.05, 0) is 52.7 Å². The van der Waals surface area contributed by atoms with Gasteiger partial charge in [0.2, 0.25) is 0 Å². The van der Waals surface area contributed by atoms with Gasteiger partial charge in [0.15, 0.2) is 0 Å². The van der Waals surface area contributed by atoms with E-state index in [0.29, 0.717) is 6.10 Å². The molecule has 0 atom stereocenters. The Morgan fingerprint density at radius 3 is 2.60 bits per heavy atom. The van der Waals surface area contributed by atoms with Gasteiger partial charge in [-0.15, -0.1) is 0 Å². The Labute approximate surface area is 94.2 Å². The lowest BCUT2D eigenvalue weighted by atomic mass is 10.4. The van der Waals surface area contributed by atoms with Crippen LogP contribution in [0.2, 0.25) is 0 Å². The smallest absolute Gasteiger partial charge is 0.0518 e. The maximum absolute atomic E-state index is 5.47. The molecule has 1 rings (SSSR count). The van der Waals surface area contributed by atoms with Crippen LogP contribution >= 0.6 is 0 Å². The molecular formula is C12H26N2O. The molecule has 0 aliphatic carbocycles. The normalized spacial score (nSPS) is 17.8. The van der Waals surface area contributed by atoms with E-state index in [1.54, 1.807) is 0 Å². The van der Waals surface area contributed by atoms with Crippen LogP contribution < -0.4 is 5.32 Å². The molecule has 0 bridgehead atoms. The fourth-order valence-electron chi connectivity index (χ4n) is 1.88. The summed E-state index contributed by atoms with van der Waals surface area (Å²) in [6.45, 7) is 11.1. The van der Waals surface area contributed by atoms with Gasteiger partial charge in [0.05, 0.1) is 6.10 Å². The van der Waals surface area contributed by atoms with Gasteiger partial charge in [-0.1, -0.05) is 0 Å². The Bertz CT molecular complexity index is 145. The van der Waals surface area contributed by atoms with Crippen molar-refractivity contribution in [3.63, 3.8) is 0 Å². The van der Waals surface area contributed by atoms with Gasteiger partial charge in [-0.25, -0.2) is 0 Å². The van der Waals surface area contributed by atoms with Gasteiger partial charge in [0.1, 0.15) is 0 Å². The molecule has 0 aromatic rings. The van der Waals surface area contributed by atoms with Crippen molar-refractivity contribution in [2.24, 2.45) is 0 Å². The number of nitrogens with zero attached hydrogens (tertiary/aromatic N) is 1. The van der Waals surface area contributed by atoms with Gasteiger partial charge in [0, 0.05) is 19.7 Å². The molecule has 1 saturated heterocycles. The van der Waals surface area contributed by atoms with Crippen LogP contribution in [-0.2, 0) is 4.74 Å². The first-order valence-corrected chi connectivity index (χ1v) is 6.33. The summed E-state index contributed by atoms with van der Waals surface area (Å²) in [5.41, 5.74) is 0. The zero-order valence-electron chi connectivity index (χ0n) is 10.3. The zero-order chi connectivity index (χ0) is 10.9. The van der Waals surface area contributed by atoms with E-state index in [2.05, 4.69) is 24.1 Å². The molecule has 3 nitrogen and oxygen atoms in total. The Hall–Kier alpha value is -0.120. The average molecular weight is 214 g/mol. The fourth-order valence-corrected chi connectivity index (χ4v) is 1.88. The molecule has 1 aliphatic rings. The molecule has 0 spiro atoms. The van der Waals surface area contributed by atoms with E-state index in [1.807, 2.05) is 0 Å². The summed E-state index contributed by atoms with van der Waals surface area (Å²) in [5, 5.41) is 3.46. The van der Waals surface area contributed by atoms with Crippen molar-refractivity contribution in [1.29, 1.82) is 0 Å². The highest BCUT2D eigenvalue weighted by molar-refractivity contribution is 4.66. The first kappa shape index (κ1) is 12.9. The van der Waals surface area contributed by atoms with Crippen LogP contribution in [0.1, 0.15) is 33.1 Å². The summed E-state index contributed by atoms with van der Waals surface area (Å²) in [7, 11) is 0. The minimum Gasteiger partial charge on any atom is -0.379 e. The van der Waals surface area contributed by atoms with Crippen LogP contribution in [-0.4, -0.2) is 50.3 Å². The van der Waals surface area contributed by atoms with Crippen molar-refractivity contribution in [3.8, 4) is 0 Å². The summed E-state index contributed by atoms with van der Waals surface area (Å²) < 4.78 is 5.47. The molecule has 1 aliphatic heterocycles. The molecule has 0 aromatic carbocycles. The summed E-state index contributed by atoms with van der Waals surface area (Å²) in [6, 6.07) is 0. The monoisotopic (exact) mass is 214 g/mol. The van der Waals surface area contributed by atoms with Crippen LogP contribution in [0.3, 0.4) is 0 Å². The van der Waals surface area contributed by atoms with Crippen LogP contribution in [0.25, 0.3) is 0 Å². The van der Waals surface area contributed by atoms with Crippen LogP contribution in [0.5, 0.6) is 0 Å². The third kappa shape index (κ3) is 6.88. The molecular weight excluding hydrogens is 188 g/mol. The van der Waals surface area contributed by atoms with E-state index < -0.39 is 0 Å². The van der Waals surface area contributed by atoms with Crippen molar-refractivity contribution < 1.29 is 4.74 Å². The molecule has 0 saturated carbocycles. The largest absolute Gasteiger partial charge is 0.379 e. The lowest BCUT2D eigenvalue weighted by Crippen LogP contribution is -2.30. The van der Waals surface area contributed by atoms with Crippen LogP contribution in [0.15, 0.2) is 0 Å². The Morgan fingerprint density at radius 1 is 1.20 bits per heavy atom. The minimum atomic E-state index is 0.370. The zero-order valence-corrected chi connectivity index (χ0v) is 10.3. The number of likely N-dealkylation sites (tertiary alicyclic amines) is 1. The van der Waals surface area contributed by atoms with Crippen LogP contribution in [0.4, 0.5) is 0 Å². The quantitative estimate of drug-likeness (QED) is 0.620. The molecule has 1 fully saturated rings. The van der Waals surface area contributed by atoms with E-state index in [4.69, 9.17) is 4.74 Å². The van der Waals surface area contributed by atoms with E-state index in [0.717, 1.165) is 26.1 Å². The van der Waals surface area contributed by atoms with Crippen molar-refractivity contribution in [2.45, 2.75) is 39.2 Å². The molecule has 15 heavy (non-hydrogen) atoms. The van der Waals surface area contributed by atoms with Crippen molar-refractivity contribution in [1.82, 2.24) is 10.2 Å². The first-order chi connectivity index (χ1) is 7.29. The van der Waals surface area contributed by atoms with E-state index >= 15 is 0 Å². The molecule has 1 heterocycles. The third-order valence-corrected chi connectivity index (χ3v) is 2.75. The predicted molar refractivity (Wildman–Crippen MR) is 64.2 cm³/mol. The topological polar surface area (TPSA) is 24.5 Å². The van der Waals surface area contributed by atoms with E-state index in [1.165, 1.54) is 32.5 Å². The maximum Gasteiger partial charge on any atom is 0.0518 e. The maximum atomic E-state index is 5.47. The lowest BCUT2D eigenvalue weighted by Gasteiger charge is -2.14. The molecule has 0 radical (unpaired) electrons. The van der Waals surface area contributed by atoms with Crippen LogP contribution in [0, 0.1) is 0 Å². The second-order valence-corrected chi connectivity index (χ2v) is 4.57.